The predicted molar refractivity (Wildman–Crippen MR) is 85.5 cm³/mol. The lowest BCUT2D eigenvalue weighted by Crippen LogP contribution is -2.37. The molecule has 0 unspecified atom stereocenters. The van der Waals surface area contributed by atoms with Crippen molar-refractivity contribution in [2.24, 2.45) is 7.05 Å². The van der Waals surface area contributed by atoms with Crippen LogP contribution in [0, 0.1) is 6.92 Å². The molecule has 0 radical (unpaired) electrons. The second-order valence-corrected chi connectivity index (χ2v) is 6.96. The van der Waals surface area contributed by atoms with Gasteiger partial charge in [-0.3, -0.25) is 4.90 Å². The van der Waals surface area contributed by atoms with E-state index in [1.54, 1.807) is 17.7 Å². The molecule has 2 aromatic heterocycles. The minimum absolute atomic E-state index is 0.227. The summed E-state index contributed by atoms with van der Waals surface area (Å²) in [6, 6.07) is 0.227. The minimum Gasteiger partial charge on any atom is -0.337 e. The number of imidazole rings is 1. The lowest BCUT2D eigenvalue weighted by molar-refractivity contribution is 0.227. The molecular weight excluding hydrogens is 301 g/mol. The average molecular weight is 323 g/mol. The first-order valence-electron chi connectivity index (χ1n) is 7.57. The van der Waals surface area contributed by atoms with Gasteiger partial charge in [0.15, 0.2) is 0 Å². The van der Waals surface area contributed by atoms with Crippen molar-refractivity contribution in [1.82, 2.24) is 24.8 Å². The molecule has 0 bridgehead atoms. The topological polar surface area (TPSA) is 46.0 Å². The van der Waals surface area contributed by atoms with Gasteiger partial charge in [-0.05, 0) is 13.3 Å². The van der Waals surface area contributed by atoms with Crippen molar-refractivity contribution in [2.75, 3.05) is 13.1 Å². The summed E-state index contributed by atoms with van der Waals surface area (Å²) in [6.45, 7) is 4.79. The molecule has 0 aromatic carbocycles. The van der Waals surface area contributed by atoms with E-state index in [4.69, 9.17) is 0 Å². The van der Waals surface area contributed by atoms with Crippen molar-refractivity contribution in [3.63, 3.8) is 0 Å². The molecule has 2 atom stereocenters. The SMILES string of the molecule is Cc1nc(CN2C[C@@H](F)C[C@H]2CNCc2cncn2C)cs1. The molecular formula is C15H22FN5S. The van der Waals surface area contributed by atoms with Crippen molar-refractivity contribution < 1.29 is 4.39 Å². The van der Waals surface area contributed by atoms with Gasteiger partial charge in [0.25, 0.3) is 0 Å². The third-order valence-corrected chi connectivity index (χ3v) is 4.93. The Labute approximate surface area is 134 Å². The first-order chi connectivity index (χ1) is 10.6. The van der Waals surface area contributed by atoms with Crippen molar-refractivity contribution >= 4 is 11.3 Å². The number of aromatic nitrogens is 3. The Morgan fingerprint density at radius 2 is 2.36 bits per heavy atom. The fourth-order valence-corrected chi connectivity index (χ4v) is 3.54. The fraction of sp³-hybridized carbons (Fsp3) is 0.600. The maximum Gasteiger partial charge on any atom is 0.114 e. The fourth-order valence-electron chi connectivity index (χ4n) is 2.94. The molecule has 1 aliphatic rings. The van der Waals surface area contributed by atoms with Crippen LogP contribution in [0.15, 0.2) is 17.9 Å². The Morgan fingerprint density at radius 3 is 3.05 bits per heavy atom. The Kier molecular flexibility index (Phi) is 4.85. The first-order valence-corrected chi connectivity index (χ1v) is 8.45. The zero-order valence-electron chi connectivity index (χ0n) is 13.0. The van der Waals surface area contributed by atoms with E-state index in [-0.39, 0.29) is 6.04 Å². The number of thiazole rings is 1. The van der Waals surface area contributed by atoms with Gasteiger partial charge in [0.05, 0.1) is 22.7 Å². The van der Waals surface area contributed by atoms with Crippen molar-refractivity contribution in [2.45, 2.75) is 38.6 Å². The summed E-state index contributed by atoms with van der Waals surface area (Å²) in [4.78, 5) is 10.8. The molecule has 5 nitrogen and oxygen atoms in total. The van der Waals surface area contributed by atoms with Gasteiger partial charge in [0.2, 0.25) is 0 Å². The minimum atomic E-state index is -0.733. The van der Waals surface area contributed by atoms with E-state index in [1.165, 1.54) is 0 Å². The number of aryl methyl sites for hydroxylation is 2. The molecule has 0 amide bonds. The highest BCUT2D eigenvalue weighted by Gasteiger charge is 2.32. The van der Waals surface area contributed by atoms with Gasteiger partial charge >= 0.3 is 0 Å². The van der Waals surface area contributed by atoms with E-state index in [0.29, 0.717) is 13.0 Å². The molecule has 120 valence electrons. The summed E-state index contributed by atoms with van der Waals surface area (Å²) >= 11 is 1.65. The standard InChI is InChI=1S/C15H22FN5S/c1-11-19-13(9-22-11)8-21-7-12(16)3-14(21)4-17-5-15-6-18-10-20(15)2/h6,9-10,12,14,17H,3-5,7-8H2,1-2H3/t12-,14-/m0/s1. The van der Waals surface area contributed by atoms with Crippen LogP contribution in [-0.4, -0.2) is 44.7 Å². The molecule has 7 heteroatoms. The highest BCUT2D eigenvalue weighted by atomic mass is 32.1. The van der Waals surface area contributed by atoms with Crippen LogP contribution in [0.25, 0.3) is 0 Å². The number of alkyl halides is 1. The Balaban J connectivity index is 1.53. The summed E-state index contributed by atoms with van der Waals surface area (Å²) < 4.78 is 15.8. The second kappa shape index (κ2) is 6.85. The van der Waals surface area contributed by atoms with E-state index in [9.17, 15) is 4.39 Å². The third kappa shape index (κ3) is 3.71. The first kappa shape index (κ1) is 15.6. The quantitative estimate of drug-likeness (QED) is 0.882. The van der Waals surface area contributed by atoms with E-state index in [1.807, 2.05) is 24.7 Å². The molecule has 1 fully saturated rings. The molecule has 3 heterocycles. The lowest BCUT2D eigenvalue weighted by atomic mass is 10.2. The summed E-state index contributed by atoms with van der Waals surface area (Å²) in [5, 5.41) is 6.56. The molecule has 2 aromatic rings. The predicted octanol–water partition coefficient (Wildman–Crippen LogP) is 1.89. The van der Waals surface area contributed by atoms with Crippen molar-refractivity contribution in [3.8, 4) is 0 Å². The monoisotopic (exact) mass is 323 g/mol. The Morgan fingerprint density at radius 1 is 1.50 bits per heavy atom. The number of rotatable bonds is 6. The smallest absolute Gasteiger partial charge is 0.114 e. The molecule has 0 saturated carbocycles. The van der Waals surface area contributed by atoms with Gasteiger partial charge < -0.3 is 9.88 Å². The van der Waals surface area contributed by atoms with E-state index >= 15 is 0 Å². The van der Waals surface area contributed by atoms with Gasteiger partial charge in [0.1, 0.15) is 6.17 Å². The summed E-state index contributed by atoms with van der Waals surface area (Å²) in [7, 11) is 1.98. The van der Waals surface area contributed by atoms with Crippen molar-refractivity contribution in [3.05, 3.63) is 34.3 Å². The zero-order chi connectivity index (χ0) is 15.5. The lowest BCUT2D eigenvalue weighted by Gasteiger charge is -2.23. The third-order valence-electron chi connectivity index (χ3n) is 4.11. The van der Waals surface area contributed by atoms with Gasteiger partial charge in [0, 0.05) is 50.8 Å². The maximum atomic E-state index is 13.8. The average Bonchev–Trinajstić information content (AvgIpc) is 3.14. The molecule has 1 saturated heterocycles. The maximum absolute atomic E-state index is 13.8. The number of nitrogens with one attached hydrogen (secondary N) is 1. The van der Waals surface area contributed by atoms with Gasteiger partial charge in [-0.1, -0.05) is 0 Å². The van der Waals surface area contributed by atoms with Gasteiger partial charge in [-0.2, -0.15) is 0 Å². The van der Waals surface area contributed by atoms with Crippen LogP contribution in [0.2, 0.25) is 0 Å². The second-order valence-electron chi connectivity index (χ2n) is 5.90. The Bertz CT molecular complexity index is 611. The Hall–Kier alpha value is -1.31. The van der Waals surface area contributed by atoms with Crippen LogP contribution >= 0.6 is 11.3 Å². The molecule has 1 aliphatic heterocycles. The van der Waals surface area contributed by atoms with E-state index < -0.39 is 6.17 Å². The van der Waals surface area contributed by atoms with Crippen LogP contribution in [0.5, 0.6) is 0 Å². The van der Waals surface area contributed by atoms with Gasteiger partial charge in [-0.25, -0.2) is 14.4 Å². The number of halogens is 1. The summed E-state index contributed by atoms with van der Waals surface area (Å²) in [5.74, 6) is 0. The number of nitrogens with zero attached hydrogens (tertiary/aromatic N) is 4. The molecule has 22 heavy (non-hydrogen) atoms. The highest BCUT2D eigenvalue weighted by molar-refractivity contribution is 7.09. The largest absolute Gasteiger partial charge is 0.337 e. The summed E-state index contributed by atoms with van der Waals surface area (Å²) in [5.41, 5.74) is 2.18. The number of hydrogen-bond donors (Lipinski definition) is 1. The van der Waals surface area contributed by atoms with E-state index in [2.05, 4.69) is 25.6 Å². The molecule has 0 spiro atoms. The van der Waals surface area contributed by atoms with Crippen LogP contribution < -0.4 is 5.32 Å². The van der Waals surface area contributed by atoms with Crippen LogP contribution in [0.1, 0.15) is 22.8 Å². The normalized spacial score (nSPS) is 22.5. The van der Waals surface area contributed by atoms with Crippen LogP contribution in [0.3, 0.4) is 0 Å². The van der Waals surface area contributed by atoms with Crippen molar-refractivity contribution in [1.29, 1.82) is 0 Å². The zero-order valence-corrected chi connectivity index (χ0v) is 13.8. The van der Waals surface area contributed by atoms with Gasteiger partial charge in [-0.15, -0.1) is 11.3 Å². The molecule has 1 N–H and O–H groups in total. The highest BCUT2D eigenvalue weighted by Crippen LogP contribution is 2.23. The molecule has 3 rings (SSSR count). The van der Waals surface area contributed by atoms with Crippen LogP contribution in [-0.2, 0) is 20.1 Å². The number of likely N-dealkylation sites (tertiary alicyclic amines) is 1. The van der Waals surface area contributed by atoms with Crippen LogP contribution in [0.4, 0.5) is 4.39 Å². The molecule has 0 aliphatic carbocycles. The summed E-state index contributed by atoms with van der Waals surface area (Å²) in [6.07, 6.45) is 3.51. The van der Waals surface area contributed by atoms with E-state index in [0.717, 1.165) is 36.0 Å². The number of hydrogen-bond acceptors (Lipinski definition) is 5.